The van der Waals surface area contributed by atoms with Crippen molar-refractivity contribution < 1.29 is 4.79 Å². The van der Waals surface area contributed by atoms with Crippen LogP contribution in [0.2, 0.25) is 0 Å². The second kappa shape index (κ2) is 10.7. The lowest BCUT2D eigenvalue weighted by Crippen LogP contribution is -2.37. The molecule has 7 nitrogen and oxygen atoms in total. The average molecular weight is 492 g/mol. The minimum absolute atomic E-state index is 0.0742. The van der Waals surface area contributed by atoms with Crippen LogP contribution in [0.5, 0.6) is 0 Å². The zero-order chi connectivity index (χ0) is 25.8. The van der Waals surface area contributed by atoms with Crippen molar-refractivity contribution in [2.75, 3.05) is 23.3 Å². The SMILES string of the molecule is CCc1nc2ccc(NC(=O)c3ccccc3)cc2c(=O)n1CC1CCN(c2ccccc2C#N)CC1. The van der Waals surface area contributed by atoms with E-state index in [-0.39, 0.29) is 11.5 Å². The van der Waals surface area contributed by atoms with Gasteiger partial charge in [0.2, 0.25) is 0 Å². The van der Waals surface area contributed by atoms with Crippen molar-refractivity contribution in [3.8, 4) is 6.07 Å². The molecule has 1 aromatic heterocycles. The number of rotatable bonds is 6. The lowest BCUT2D eigenvalue weighted by atomic mass is 9.95. The van der Waals surface area contributed by atoms with Crippen molar-refractivity contribution in [1.29, 1.82) is 5.26 Å². The third-order valence-corrected chi connectivity index (χ3v) is 7.06. The molecule has 186 valence electrons. The minimum atomic E-state index is -0.219. The van der Waals surface area contributed by atoms with Gasteiger partial charge in [-0.05, 0) is 61.2 Å². The zero-order valence-corrected chi connectivity index (χ0v) is 20.9. The molecule has 0 spiro atoms. The molecule has 0 unspecified atom stereocenters. The van der Waals surface area contributed by atoms with Crippen LogP contribution >= 0.6 is 0 Å². The van der Waals surface area contributed by atoms with E-state index in [4.69, 9.17) is 4.98 Å². The van der Waals surface area contributed by atoms with E-state index >= 15 is 0 Å². The quantitative estimate of drug-likeness (QED) is 0.410. The number of piperidine rings is 1. The molecule has 1 amide bonds. The van der Waals surface area contributed by atoms with Gasteiger partial charge in [-0.25, -0.2) is 4.98 Å². The maximum absolute atomic E-state index is 13.6. The van der Waals surface area contributed by atoms with Crippen LogP contribution in [-0.2, 0) is 13.0 Å². The molecule has 4 aromatic rings. The van der Waals surface area contributed by atoms with E-state index in [1.165, 1.54) is 0 Å². The van der Waals surface area contributed by atoms with E-state index in [1.807, 2.05) is 54.0 Å². The van der Waals surface area contributed by atoms with Gasteiger partial charge in [-0.3, -0.25) is 14.2 Å². The summed E-state index contributed by atoms with van der Waals surface area (Å²) in [5, 5.41) is 12.8. The molecule has 0 radical (unpaired) electrons. The first kappa shape index (κ1) is 24.3. The number of benzene rings is 3. The topological polar surface area (TPSA) is 91.0 Å². The van der Waals surface area contributed by atoms with E-state index in [0.29, 0.717) is 46.6 Å². The number of nitrogens with one attached hydrogen (secondary N) is 1. The Balaban J connectivity index is 1.36. The van der Waals surface area contributed by atoms with E-state index in [1.54, 1.807) is 30.3 Å². The van der Waals surface area contributed by atoms with Gasteiger partial charge in [-0.1, -0.05) is 37.3 Å². The molecule has 1 N–H and O–H groups in total. The summed E-state index contributed by atoms with van der Waals surface area (Å²) in [7, 11) is 0. The fourth-order valence-corrected chi connectivity index (χ4v) is 5.05. The van der Waals surface area contributed by atoms with Crippen molar-refractivity contribution in [2.24, 2.45) is 5.92 Å². The number of carbonyl (C=O) groups excluding carboxylic acids is 1. The predicted octanol–water partition coefficient (Wildman–Crippen LogP) is 5.00. The van der Waals surface area contributed by atoms with Crippen molar-refractivity contribution >= 4 is 28.2 Å². The molecule has 0 aliphatic carbocycles. The Bertz CT molecular complexity index is 1530. The first-order valence-electron chi connectivity index (χ1n) is 12.7. The molecule has 5 rings (SSSR count). The zero-order valence-electron chi connectivity index (χ0n) is 20.9. The summed E-state index contributed by atoms with van der Waals surface area (Å²) in [6, 6.07) is 24.3. The molecule has 7 heteroatoms. The molecule has 0 bridgehead atoms. The third-order valence-electron chi connectivity index (χ3n) is 7.06. The smallest absolute Gasteiger partial charge is 0.261 e. The van der Waals surface area contributed by atoms with Gasteiger partial charge >= 0.3 is 0 Å². The highest BCUT2D eigenvalue weighted by molar-refractivity contribution is 6.05. The van der Waals surface area contributed by atoms with Crippen LogP contribution in [0.4, 0.5) is 11.4 Å². The number of para-hydroxylation sites is 1. The fourth-order valence-electron chi connectivity index (χ4n) is 5.05. The van der Waals surface area contributed by atoms with Crippen molar-refractivity contribution in [3.05, 3.63) is 100 Å². The average Bonchev–Trinajstić information content (AvgIpc) is 2.95. The molecule has 1 fully saturated rings. The van der Waals surface area contributed by atoms with Crippen molar-refractivity contribution in [3.63, 3.8) is 0 Å². The summed E-state index contributed by atoms with van der Waals surface area (Å²) in [5.74, 6) is 0.896. The van der Waals surface area contributed by atoms with Crippen LogP contribution in [0.3, 0.4) is 0 Å². The highest BCUT2D eigenvalue weighted by Crippen LogP contribution is 2.27. The molecule has 3 aromatic carbocycles. The number of nitriles is 1. The molecule has 1 saturated heterocycles. The first-order valence-corrected chi connectivity index (χ1v) is 12.7. The summed E-state index contributed by atoms with van der Waals surface area (Å²) < 4.78 is 1.81. The number of hydrogen-bond donors (Lipinski definition) is 1. The summed E-state index contributed by atoms with van der Waals surface area (Å²) in [6.07, 6.45) is 2.52. The normalized spacial score (nSPS) is 13.9. The second-order valence-corrected chi connectivity index (χ2v) is 9.41. The van der Waals surface area contributed by atoms with Crippen LogP contribution in [0.25, 0.3) is 10.9 Å². The van der Waals surface area contributed by atoms with E-state index in [9.17, 15) is 14.9 Å². The number of hydrogen-bond acceptors (Lipinski definition) is 5. The van der Waals surface area contributed by atoms with Gasteiger partial charge in [0.1, 0.15) is 11.9 Å². The third kappa shape index (κ3) is 5.10. The molecule has 1 aliphatic rings. The Morgan fingerprint density at radius 3 is 2.51 bits per heavy atom. The van der Waals surface area contributed by atoms with Crippen LogP contribution in [0.1, 0.15) is 41.5 Å². The minimum Gasteiger partial charge on any atom is -0.370 e. The maximum atomic E-state index is 13.6. The summed E-state index contributed by atoms with van der Waals surface area (Å²) >= 11 is 0. The van der Waals surface area contributed by atoms with Crippen LogP contribution in [-0.4, -0.2) is 28.5 Å². The fraction of sp³-hybridized carbons (Fsp3) is 0.267. The lowest BCUT2D eigenvalue weighted by Gasteiger charge is -2.34. The Labute approximate surface area is 216 Å². The van der Waals surface area contributed by atoms with Gasteiger partial charge in [0.15, 0.2) is 0 Å². The standard InChI is InChI=1S/C30H29N5O2/c1-2-28-33-26-13-12-24(32-29(36)22-8-4-3-5-9-22)18-25(26)30(37)35(28)20-21-14-16-34(17-15-21)27-11-7-6-10-23(27)19-31/h3-13,18,21H,2,14-17,20H2,1H3,(H,32,36). The van der Waals surface area contributed by atoms with E-state index in [2.05, 4.69) is 16.3 Å². The molecular formula is C30H29N5O2. The summed E-state index contributed by atoms with van der Waals surface area (Å²) in [5.41, 5.74) is 3.36. The Morgan fingerprint density at radius 2 is 1.78 bits per heavy atom. The first-order chi connectivity index (χ1) is 18.1. The van der Waals surface area contributed by atoms with E-state index in [0.717, 1.165) is 37.4 Å². The van der Waals surface area contributed by atoms with E-state index < -0.39 is 0 Å². The largest absolute Gasteiger partial charge is 0.370 e. The molecular weight excluding hydrogens is 462 g/mol. The number of carbonyl (C=O) groups is 1. The van der Waals surface area contributed by atoms with Gasteiger partial charge in [0.05, 0.1) is 22.2 Å². The summed E-state index contributed by atoms with van der Waals surface area (Å²) in [6.45, 7) is 4.31. The number of aryl methyl sites for hydroxylation is 1. The molecule has 0 atom stereocenters. The Kier molecular flexibility index (Phi) is 7.00. The Morgan fingerprint density at radius 1 is 1.05 bits per heavy atom. The molecule has 1 aliphatic heterocycles. The van der Waals surface area contributed by atoms with Gasteiger partial charge in [-0.2, -0.15) is 5.26 Å². The number of fused-ring (bicyclic) bond motifs is 1. The maximum Gasteiger partial charge on any atom is 0.261 e. The van der Waals surface area contributed by atoms with Crippen LogP contribution in [0, 0.1) is 17.2 Å². The van der Waals surface area contributed by atoms with Gasteiger partial charge in [0, 0.05) is 37.3 Å². The van der Waals surface area contributed by atoms with Crippen LogP contribution < -0.4 is 15.8 Å². The number of amides is 1. The number of nitrogens with zero attached hydrogens (tertiary/aromatic N) is 4. The monoisotopic (exact) mass is 491 g/mol. The highest BCUT2D eigenvalue weighted by Gasteiger charge is 2.23. The second-order valence-electron chi connectivity index (χ2n) is 9.41. The van der Waals surface area contributed by atoms with Crippen molar-refractivity contribution in [1.82, 2.24) is 9.55 Å². The Hall–Kier alpha value is -4.44. The van der Waals surface area contributed by atoms with Crippen molar-refractivity contribution in [2.45, 2.75) is 32.7 Å². The van der Waals surface area contributed by atoms with Crippen LogP contribution in [0.15, 0.2) is 77.6 Å². The lowest BCUT2D eigenvalue weighted by molar-refractivity contribution is 0.102. The molecule has 37 heavy (non-hydrogen) atoms. The predicted molar refractivity (Wildman–Crippen MR) is 146 cm³/mol. The molecule has 2 heterocycles. The highest BCUT2D eigenvalue weighted by atomic mass is 16.1. The van der Waals surface area contributed by atoms with Gasteiger partial charge in [-0.15, -0.1) is 0 Å². The van der Waals surface area contributed by atoms with Gasteiger partial charge in [0.25, 0.3) is 11.5 Å². The molecule has 0 saturated carbocycles. The number of anilines is 2. The van der Waals surface area contributed by atoms with Gasteiger partial charge < -0.3 is 10.2 Å². The number of aromatic nitrogens is 2. The summed E-state index contributed by atoms with van der Waals surface area (Å²) in [4.78, 5) is 33.3.